The van der Waals surface area contributed by atoms with E-state index in [-0.39, 0.29) is 0 Å². The van der Waals surface area contributed by atoms with Crippen LogP contribution in [-0.2, 0) is 0 Å². The van der Waals surface area contributed by atoms with E-state index in [1.54, 1.807) is 12.4 Å². The molecule has 2 heterocycles. The van der Waals surface area contributed by atoms with E-state index in [9.17, 15) is 0 Å². The van der Waals surface area contributed by atoms with Crippen molar-refractivity contribution in [2.75, 3.05) is 0 Å². The molecule has 0 aliphatic rings. The maximum atomic E-state index is 8.54. The quantitative estimate of drug-likeness (QED) is 0.653. The predicted octanol–water partition coefficient (Wildman–Crippen LogP) is 0.805. The first-order chi connectivity index (χ1) is 6.90. The van der Waals surface area contributed by atoms with Crippen molar-refractivity contribution in [2.45, 2.75) is 0 Å². The average molecular weight is 183 g/mol. The summed E-state index contributed by atoms with van der Waals surface area (Å²) in [6.07, 6.45) is 7.61. The molecule has 0 atom stereocenters. The fourth-order valence-electron chi connectivity index (χ4n) is 0.949. The third-order valence-electron chi connectivity index (χ3n) is 1.60. The summed E-state index contributed by atoms with van der Waals surface area (Å²) in [6, 6.07) is 1.95. The molecule has 2 aromatic heterocycles. The van der Waals surface area contributed by atoms with Crippen LogP contribution in [0.2, 0.25) is 0 Å². The summed E-state index contributed by atoms with van der Waals surface area (Å²) >= 11 is 0. The summed E-state index contributed by atoms with van der Waals surface area (Å²) in [6.45, 7) is 0. The van der Waals surface area contributed by atoms with Gasteiger partial charge in [0.2, 0.25) is 0 Å². The van der Waals surface area contributed by atoms with E-state index in [1.165, 1.54) is 18.7 Å². The van der Waals surface area contributed by atoms with Gasteiger partial charge in [0.05, 0.1) is 11.1 Å². The number of hydrogen-bond donors (Lipinski definition) is 0. The van der Waals surface area contributed by atoms with Crippen LogP contribution in [0.4, 0.5) is 0 Å². The topological polar surface area (TPSA) is 75.3 Å². The van der Waals surface area contributed by atoms with Gasteiger partial charge in [-0.2, -0.15) is 5.26 Å². The molecule has 2 rings (SSSR count). The first-order valence-corrected chi connectivity index (χ1v) is 3.87. The molecule has 0 saturated heterocycles. The first-order valence-electron chi connectivity index (χ1n) is 3.87. The van der Waals surface area contributed by atoms with Gasteiger partial charge in [-0.05, 0) is 0 Å². The molecule has 0 aliphatic heterocycles. The molecular weight excluding hydrogens is 178 g/mol. The SMILES string of the molecule is N#Cc1cnc(-c2cncnc2)nc1. The van der Waals surface area contributed by atoms with Crippen molar-refractivity contribution in [1.29, 1.82) is 5.26 Å². The van der Waals surface area contributed by atoms with Gasteiger partial charge in [-0.3, -0.25) is 0 Å². The van der Waals surface area contributed by atoms with Gasteiger partial charge in [0.25, 0.3) is 0 Å². The molecule has 0 radical (unpaired) electrons. The summed E-state index contributed by atoms with van der Waals surface area (Å²) < 4.78 is 0. The lowest BCUT2D eigenvalue weighted by Gasteiger charge is -1.96. The van der Waals surface area contributed by atoms with Crippen molar-refractivity contribution in [3.05, 3.63) is 36.7 Å². The van der Waals surface area contributed by atoms with Crippen LogP contribution >= 0.6 is 0 Å². The minimum atomic E-state index is 0.436. The van der Waals surface area contributed by atoms with Crippen molar-refractivity contribution >= 4 is 0 Å². The fourth-order valence-corrected chi connectivity index (χ4v) is 0.949. The Kier molecular flexibility index (Phi) is 2.11. The van der Waals surface area contributed by atoms with Crippen molar-refractivity contribution in [2.24, 2.45) is 0 Å². The summed E-state index contributed by atoms with van der Waals surface area (Å²) in [5.41, 5.74) is 1.17. The maximum Gasteiger partial charge on any atom is 0.162 e. The highest BCUT2D eigenvalue weighted by atomic mass is 14.9. The second kappa shape index (κ2) is 3.58. The molecule has 0 fully saturated rings. The lowest BCUT2D eigenvalue weighted by molar-refractivity contribution is 1.11. The molecule has 0 N–H and O–H groups in total. The molecule has 66 valence electrons. The molecule has 5 nitrogen and oxygen atoms in total. The number of nitrogens with zero attached hydrogens (tertiary/aromatic N) is 5. The second-order valence-electron chi connectivity index (χ2n) is 2.53. The normalized spacial score (nSPS) is 9.36. The van der Waals surface area contributed by atoms with Gasteiger partial charge in [-0.1, -0.05) is 0 Å². The standard InChI is InChI=1S/C9H5N5/c10-1-7-2-13-9(14-3-7)8-4-11-6-12-5-8/h2-6H. The van der Waals surface area contributed by atoms with E-state index in [1.807, 2.05) is 6.07 Å². The van der Waals surface area contributed by atoms with Crippen LogP contribution in [0, 0.1) is 11.3 Å². The van der Waals surface area contributed by atoms with Crippen molar-refractivity contribution in [3.8, 4) is 17.5 Å². The van der Waals surface area contributed by atoms with Gasteiger partial charge in [0.1, 0.15) is 12.4 Å². The summed E-state index contributed by atoms with van der Waals surface area (Å²) in [7, 11) is 0. The molecule has 0 amide bonds. The van der Waals surface area contributed by atoms with E-state index < -0.39 is 0 Å². The molecule has 5 heteroatoms. The number of hydrogen-bond acceptors (Lipinski definition) is 5. The molecule has 0 bridgehead atoms. The molecule has 0 aliphatic carbocycles. The Morgan fingerprint density at radius 3 is 2.21 bits per heavy atom. The highest BCUT2D eigenvalue weighted by Gasteiger charge is 2.00. The van der Waals surface area contributed by atoms with Gasteiger partial charge in [-0.25, -0.2) is 19.9 Å². The Morgan fingerprint density at radius 1 is 1.00 bits per heavy atom. The Hall–Kier alpha value is -2.35. The van der Waals surface area contributed by atoms with E-state index in [0.717, 1.165) is 5.56 Å². The second-order valence-corrected chi connectivity index (χ2v) is 2.53. The van der Waals surface area contributed by atoms with E-state index in [2.05, 4.69) is 19.9 Å². The van der Waals surface area contributed by atoms with E-state index >= 15 is 0 Å². The van der Waals surface area contributed by atoms with Crippen LogP contribution in [0.25, 0.3) is 11.4 Å². The largest absolute Gasteiger partial charge is 0.244 e. The maximum absolute atomic E-state index is 8.54. The van der Waals surface area contributed by atoms with Crippen molar-refractivity contribution < 1.29 is 0 Å². The highest BCUT2D eigenvalue weighted by molar-refractivity contribution is 5.51. The fraction of sp³-hybridized carbons (Fsp3) is 0. The minimum absolute atomic E-state index is 0.436. The van der Waals surface area contributed by atoms with E-state index in [0.29, 0.717) is 11.4 Å². The summed E-state index contributed by atoms with van der Waals surface area (Å²) in [5.74, 6) is 0.518. The first kappa shape index (κ1) is 8.26. The summed E-state index contributed by atoms with van der Waals surface area (Å²) in [5, 5.41) is 8.54. The van der Waals surface area contributed by atoms with E-state index in [4.69, 9.17) is 5.26 Å². The Labute approximate surface area is 80.1 Å². The Balaban J connectivity index is 2.40. The zero-order valence-electron chi connectivity index (χ0n) is 7.12. The number of rotatable bonds is 1. The molecule has 0 saturated carbocycles. The van der Waals surface area contributed by atoms with Crippen LogP contribution in [0.5, 0.6) is 0 Å². The predicted molar refractivity (Wildman–Crippen MR) is 47.8 cm³/mol. The van der Waals surface area contributed by atoms with Gasteiger partial charge >= 0.3 is 0 Å². The highest BCUT2D eigenvalue weighted by Crippen LogP contribution is 2.09. The zero-order valence-corrected chi connectivity index (χ0v) is 7.12. The van der Waals surface area contributed by atoms with Crippen LogP contribution < -0.4 is 0 Å². The van der Waals surface area contributed by atoms with Gasteiger partial charge in [0, 0.05) is 24.8 Å². The minimum Gasteiger partial charge on any atom is -0.244 e. The lowest BCUT2D eigenvalue weighted by Crippen LogP contribution is -1.90. The smallest absolute Gasteiger partial charge is 0.162 e. The molecule has 0 aromatic carbocycles. The average Bonchev–Trinajstić information content (AvgIpc) is 2.30. The third kappa shape index (κ3) is 1.54. The molecule has 0 spiro atoms. The third-order valence-corrected chi connectivity index (χ3v) is 1.60. The molecule has 0 unspecified atom stereocenters. The monoisotopic (exact) mass is 183 g/mol. The van der Waals surface area contributed by atoms with Crippen molar-refractivity contribution in [3.63, 3.8) is 0 Å². The van der Waals surface area contributed by atoms with Gasteiger partial charge < -0.3 is 0 Å². The molecule has 14 heavy (non-hydrogen) atoms. The van der Waals surface area contributed by atoms with Crippen LogP contribution in [-0.4, -0.2) is 19.9 Å². The zero-order chi connectivity index (χ0) is 9.80. The number of nitriles is 1. The van der Waals surface area contributed by atoms with Gasteiger partial charge in [-0.15, -0.1) is 0 Å². The van der Waals surface area contributed by atoms with Crippen LogP contribution in [0.1, 0.15) is 5.56 Å². The number of aromatic nitrogens is 4. The van der Waals surface area contributed by atoms with Gasteiger partial charge in [0.15, 0.2) is 5.82 Å². The van der Waals surface area contributed by atoms with Crippen molar-refractivity contribution in [1.82, 2.24) is 19.9 Å². The lowest BCUT2D eigenvalue weighted by atomic mass is 10.3. The molecule has 2 aromatic rings. The van der Waals surface area contributed by atoms with Crippen LogP contribution in [0.3, 0.4) is 0 Å². The molecular formula is C9H5N5. The van der Waals surface area contributed by atoms with Crippen LogP contribution in [0.15, 0.2) is 31.1 Å². The summed E-state index contributed by atoms with van der Waals surface area (Å²) in [4.78, 5) is 15.7. The Bertz CT molecular complexity index is 457. The Morgan fingerprint density at radius 2 is 1.64 bits per heavy atom.